The third-order valence-corrected chi connectivity index (χ3v) is 3.43. The van der Waals surface area contributed by atoms with E-state index >= 15 is 0 Å². The molecule has 5 heteroatoms. The minimum Gasteiger partial charge on any atom is -0.325 e. The van der Waals surface area contributed by atoms with Gasteiger partial charge in [0.2, 0.25) is 0 Å². The fourth-order valence-electron chi connectivity index (χ4n) is 1.87. The summed E-state index contributed by atoms with van der Waals surface area (Å²) in [5.74, 6) is -0.246. The topological polar surface area (TPSA) is 43.3 Å². The van der Waals surface area contributed by atoms with Crippen LogP contribution in [-0.4, -0.2) is 9.38 Å². The van der Waals surface area contributed by atoms with Gasteiger partial charge in [-0.15, -0.1) is 11.3 Å². The molecular formula is C12H10FN3S. The molecule has 86 valence electrons. The molecule has 2 heterocycles. The highest BCUT2D eigenvalue weighted by Crippen LogP contribution is 2.26. The highest BCUT2D eigenvalue weighted by Gasteiger charge is 2.13. The predicted octanol–water partition coefficient (Wildman–Crippen LogP) is 2.66. The normalized spacial score (nSPS) is 11.2. The number of imidazole rings is 1. The van der Waals surface area contributed by atoms with E-state index in [1.54, 1.807) is 23.5 Å². The van der Waals surface area contributed by atoms with Gasteiger partial charge in [0.15, 0.2) is 4.96 Å². The minimum atomic E-state index is -0.246. The summed E-state index contributed by atoms with van der Waals surface area (Å²) < 4.78 is 14.9. The molecule has 0 atom stereocenters. The number of benzene rings is 1. The number of aromatic nitrogens is 2. The van der Waals surface area contributed by atoms with Crippen LogP contribution < -0.4 is 5.73 Å². The highest BCUT2D eigenvalue weighted by atomic mass is 32.1. The average Bonchev–Trinajstić information content (AvgIpc) is 2.89. The summed E-state index contributed by atoms with van der Waals surface area (Å²) in [5.41, 5.74) is 8.43. The molecule has 0 aliphatic rings. The summed E-state index contributed by atoms with van der Waals surface area (Å²) >= 11 is 1.56. The molecule has 0 saturated carbocycles. The molecule has 0 bridgehead atoms. The zero-order valence-electron chi connectivity index (χ0n) is 8.93. The Morgan fingerprint density at radius 3 is 2.76 bits per heavy atom. The van der Waals surface area contributed by atoms with Crippen LogP contribution in [0.15, 0.2) is 35.8 Å². The molecule has 0 unspecified atom stereocenters. The van der Waals surface area contributed by atoms with E-state index in [0.717, 1.165) is 21.9 Å². The van der Waals surface area contributed by atoms with Gasteiger partial charge in [0.1, 0.15) is 5.82 Å². The number of nitrogens with zero attached hydrogens (tertiary/aromatic N) is 2. The standard InChI is InChI=1S/C12H10FN3S/c13-9-3-1-8(2-4-9)11-10(7-14)16-5-6-17-12(16)15-11/h1-6H,7,14H2. The fraction of sp³-hybridized carbons (Fsp3) is 0.0833. The SMILES string of the molecule is NCc1c(-c2ccc(F)cc2)nc2sccn12. The lowest BCUT2D eigenvalue weighted by atomic mass is 10.1. The van der Waals surface area contributed by atoms with Gasteiger partial charge in [-0.05, 0) is 24.3 Å². The van der Waals surface area contributed by atoms with Crippen molar-refractivity contribution in [3.63, 3.8) is 0 Å². The lowest BCUT2D eigenvalue weighted by Crippen LogP contribution is -2.01. The van der Waals surface area contributed by atoms with Crippen molar-refractivity contribution in [1.29, 1.82) is 0 Å². The van der Waals surface area contributed by atoms with E-state index in [9.17, 15) is 4.39 Å². The van der Waals surface area contributed by atoms with Crippen molar-refractivity contribution in [3.8, 4) is 11.3 Å². The summed E-state index contributed by atoms with van der Waals surface area (Å²) in [5, 5.41) is 1.97. The monoisotopic (exact) mass is 247 g/mol. The Hall–Kier alpha value is -1.72. The van der Waals surface area contributed by atoms with Crippen LogP contribution in [0, 0.1) is 5.82 Å². The molecule has 3 aromatic rings. The average molecular weight is 247 g/mol. The Bertz CT molecular complexity index is 654. The highest BCUT2D eigenvalue weighted by molar-refractivity contribution is 7.15. The van der Waals surface area contributed by atoms with Crippen LogP contribution in [0.1, 0.15) is 5.69 Å². The van der Waals surface area contributed by atoms with E-state index in [1.807, 2.05) is 16.0 Å². The molecule has 0 radical (unpaired) electrons. The third-order valence-electron chi connectivity index (χ3n) is 2.67. The Morgan fingerprint density at radius 2 is 2.06 bits per heavy atom. The van der Waals surface area contributed by atoms with Crippen molar-refractivity contribution in [2.75, 3.05) is 0 Å². The largest absolute Gasteiger partial charge is 0.325 e. The van der Waals surface area contributed by atoms with Crippen LogP contribution in [-0.2, 0) is 6.54 Å². The van der Waals surface area contributed by atoms with Gasteiger partial charge in [-0.2, -0.15) is 0 Å². The lowest BCUT2D eigenvalue weighted by Gasteiger charge is -2.01. The van der Waals surface area contributed by atoms with E-state index in [1.165, 1.54) is 12.1 Å². The van der Waals surface area contributed by atoms with Crippen LogP contribution in [0.4, 0.5) is 4.39 Å². The first kappa shape index (κ1) is 10.4. The smallest absolute Gasteiger partial charge is 0.194 e. The van der Waals surface area contributed by atoms with Gasteiger partial charge in [-0.1, -0.05) is 0 Å². The summed E-state index contributed by atoms with van der Waals surface area (Å²) in [6.45, 7) is 0.407. The van der Waals surface area contributed by atoms with Gasteiger partial charge in [-0.3, -0.25) is 4.40 Å². The van der Waals surface area contributed by atoms with E-state index < -0.39 is 0 Å². The van der Waals surface area contributed by atoms with Crippen LogP contribution in [0.2, 0.25) is 0 Å². The molecule has 1 aromatic carbocycles. The molecule has 17 heavy (non-hydrogen) atoms. The van der Waals surface area contributed by atoms with Gasteiger partial charge < -0.3 is 5.73 Å². The quantitative estimate of drug-likeness (QED) is 0.756. The maximum Gasteiger partial charge on any atom is 0.194 e. The number of rotatable bonds is 2. The van der Waals surface area contributed by atoms with Gasteiger partial charge in [0, 0.05) is 23.7 Å². The lowest BCUT2D eigenvalue weighted by molar-refractivity contribution is 0.628. The van der Waals surface area contributed by atoms with Gasteiger partial charge >= 0.3 is 0 Å². The molecule has 3 nitrogen and oxygen atoms in total. The predicted molar refractivity (Wildman–Crippen MR) is 66.4 cm³/mol. The zero-order chi connectivity index (χ0) is 11.8. The second-order valence-electron chi connectivity index (χ2n) is 3.67. The Morgan fingerprint density at radius 1 is 1.29 bits per heavy atom. The fourth-order valence-corrected chi connectivity index (χ4v) is 2.60. The molecule has 2 N–H and O–H groups in total. The van der Waals surface area contributed by atoms with E-state index in [2.05, 4.69) is 4.98 Å². The summed E-state index contributed by atoms with van der Waals surface area (Å²) in [4.78, 5) is 5.43. The number of hydrogen-bond donors (Lipinski definition) is 1. The molecule has 0 aliphatic heterocycles. The van der Waals surface area contributed by atoms with Crippen LogP contribution >= 0.6 is 11.3 Å². The molecule has 0 aliphatic carbocycles. The molecule has 0 fully saturated rings. The Labute approximate surface area is 101 Å². The molecule has 0 saturated heterocycles. The number of thiazole rings is 1. The molecule has 0 spiro atoms. The van der Waals surface area contributed by atoms with Gasteiger partial charge in [0.05, 0.1) is 11.4 Å². The molecule has 0 amide bonds. The van der Waals surface area contributed by atoms with Gasteiger partial charge in [-0.25, -0.2) is 9.37 Å². The second kappa shape index (κ2) is 3.94. The summed E-state index contributed by atoms with van der Waals surface area (Å²) in [6.07, 6.45) is 1.95. The second-order valence-corrected chi connectivity index (χ2v) is 4.55. The van der Waals surface area contributed by atoms with Crippen molar-refractivity contribution in [2.45, 2.75) is 6.54 Å². The van der Waals surface area contributed by atoms with Crippen LogP contribution in [0.3, 0.4) is 0 Å². The molecule has 3 rings (SSSR count). The first-order valence-corrected chi connectivity index (χ1v) is 6.08. The van der Waals surface area contributed by atoms with Crippen molar-refractivity contribution in [1.82, 2.24) is 9.38 Å². The summed E-state index contributed by atoms with van der Waals surface area (Å²) in [6, 6.07) is 6.31. The number of nitrogens with two attached hydrogens (primary N) is 1. The van der Waals surface area contributed by atoms with Crippen LogP contribution in [0.25, 0.3) is 16.2 Å². The minimum absolute atomic E-state index is 0.246. The number of halogens is 1. The van der Waals surface area contributed by atoms with E-state index in [-0.39, 0.29) is 5.82 Å². The number of hydrogen-bond acceptors (Lipinski definition) is 3. The van der Waals surface area contributed by atoms with Crippen LogP contribution in [0.5, 0.6) is 0 Å². The maximum atomic E-state index is 12.9. The number of fused-ring (bicyclic) bond motifs is 1. The van der Waals surface area contributed by atoms with Crippen molar-refractivity contribution in [3.05, 3.63) is 47.4 Å². The zero-order valence-corrected chi connectivity index (χ0v) is 9.75. The Kier molecular flexibility index (Phi) is 2.42. The first-order chi connectivity index (χ1) is 8.29. The van der Waals surface area contributed by atoms with Crippen molar-refractivity contribution in [2.24, 2.45) is 5.73 Å². The third kappa shape index (κ3) is 1.64. The summed E-state index contributed by atoms with van der Waals surface area (Å²) in [7, 11) is 0. The van der Waals surface area contributed by atoms with Gasteiger partial charge in [0.25, 0.3) is 0 Å². The molecular weight excluding hydrogens is 237 g/mol. The van der Waals surface area contributed by atoms with E-state index in [0.29, 0.717) is 6.54 Å². The first-order valence-electron chi connectivity index (χ1n) is 5.20. The van der Waals surface area contributed by atoms with Crippen molar-refractivity contribution >= 4 is 16.3 Å². The maximum absolute atomic E-state index is 12.9. The Balaban J connectivity index is 2.22. The van der Waals surface area contributed by atoms with Crippen molar-refractivity contribution < 1.29 is 4.39 Å². The molecule has 2 aromatic heterocycles. The van der Waals surface area contributed by atoms with E-state index in [4.69, 9.17) is 5.73 Å².